The van der Waals surface area contributed by atoms with E-state index in [9.17, 15) is 13.2 Å². The van der Waals surface area contributed by atoms with Crippen molar-refractivity contribution in [3.8, 4) is 0 Å². The number of carbonyl (C=O) groups is 1. The van der Waals surface area contributed by atoms with E-state index in [1.165, 1.54) is 10.6 Å². The summed E-state index contributed by atoms with van der Waals surface area (Å²) in [5, 5.41) is 7.10. The number of carbonyl (C=O) groups excluding carboxylic acids is 1. The fourth-order valence-corrected chi connectivity index (χ4v) is 4.04. The molecule has 0 aromatic carbocycles. The summed E-state index contributed by atoms with van der Waals surface area (Å²) < 4.78 is 26.6. The Morgan fingerprint density at radius 1 is 1.41 bits per heavy atom. The van der Waals surface area contributed by atoms with Crippen LogP contribution in [0.5, 0.6) is 0 Å². The first kappa shape index (κ1) is 15.5. The minimum Gasteiger partial charge on any atom is -0.350 e. The predicted octanol–water partition coefficient (Wildman–Crippen LogP) is -0.0223. The number of rotatable bonds is 5. The Labute approximate surface area is 130 Å². The van der Waals surface area contributed by atoms with Crippen LogP contribution in [0, 0.1) is 18.8 Å². The van der Waals surface area contributed by atoms with Crippen molar-refractivity contribution in [2.24, 2.45) is 11.8 Å². The number of aryl methyl sites for hydroxylation is 1. The van der Waals surface area contributed by atoms with Gasteiger partial charge in [-0.2, -0.15) is 9.40 Å². The fourth-order valence-electron chi connectivity index (χ4n) is 3.17. The van der Waals surface area contributed by atoms with Crippen LogP contribution in [0.25, 0.3) is 0 Å². The second-order valence-electron chi connectivity index (χ2n) is 6.47. The maximum Gasteiger partial charge on any atom is 0.242 e. The Bertz CT molecular complexity index is 665. The molecule has 2 fully saturated rings. The average Bonchev–Trinajstić information content (AvgIpc) is 3.03. The molecular formula is C14H22N4O3S. The number of nitrogens with one attached hydrogen (secondary N) is 1. The highest BCUT2D eigenvalue weighted by Gasteiger charge is 2.45. The largest absolute Gasteiger partial charge is 0.350 e. The van der Waals surface area contributed by atoms with E-state index in [1.807, 2.05) is 13.1 Å². The van der Waals surface area contributed by atoms with Crippen LogP contribution in [0.4, 0.5) is 0 Å². The summed E-state index contributed by atoms with van der Waals surface area (Å²) in [5.41, 5.74) is 1.01. The zero-order chi connectivity index (χ0) is 15.9. The van der Waals surface area contributed by atoms with Crippen LogP contribution < -0.4 is 5.32 Å². The molecule has 22 heavy (non-hydrogen) atoms. The van der Waals surface area contributed by atoms with Crippen LogP contribution >= 0.6 is 0 Å². The summed E-state index contributed by atoms with van der Waals surface area (Å²) in [6.07, 6.45) is 7.02. The lowest BCUT2D eigenvalue weighted by atomic mass is 9.98. The van der Waals surface area contributed by atoms with E-state index in [4.69, 9.17) is 0 Å². The molecule has 7 nitrogen and oxygen atoms in total. The van der Waals surface area contributed by atoms with Gasteiger partial charge in [-0.3, -0.25) is 9.48 Å². The number of hydrogen-bond donors (Lipinski definition) is 1. The highest BCUT2D eigenvalue weighted by atomic mass is 32.2. The number of sulfonamides is 1. The monoisotopic (exact) mass is 326 g/mol. The number of amides is 1. The third kappa shape index (κ3) is 3.49. The van der Waals surface area contributed by atoms with Gasteiger partial charge in [0.2, 0.25) is 15.9 Å². The molecule has 0 spiro atoms. The summed E-state index contributed by atoms with van der Waals surface area (Å²) in [5.74, 6) is 0.663. The molecule has 3 rings (SSSR count). The minimum absolute atomic E-state index is 0.0913. The second-order valence-corrected chi connectivity index (χ2v) is 8.45. The molecule has 1 aliphatic carbocycles. The zero-order valence-corrected chi connectivity index (χ0v) is 13.7. The molecule has 1 amide bonds. The molecule has 0 bridgehead atoms. The van der Waals surface area contributed by atoms with Crippen LogP contribution in [0.1, 0.15) is 18.4 Å². The summed E-state index contributed by atoms with van der Waals surface area (Å²) in [4.78, 5) is 12.2. The minimum atomic E-state index is -3.20. The van der Waals surface area contributed by atoms with Gasteiger partial charge >= 0.3 is 0 Å². The molecule has 0 unspecified atom stereocenters. The van der Waals surface area contributed by atoms with Crippen molar-refractivity contribution in [3.05, 3.63) is 18.0 Å². The van der Waals surface area contributed by atoms with Crippen LogP contribution in [0.15, 0.2) is 12.4 Å². The fraction of sp³-hybridized carbons (Fsp3) is 0.714. The van der Waals surface area contributed by atoms with E-state index in [0.29, 0.717) is 19.0 Å². The normalized spacial score (nSPS) is 26.3. The molecule has 122 valence electrons. The number of hydrogen-bond acceptors (Lipinski definition) is 4. The summed E-state index contributed by atoms with van der Waals surface area (Å²) >= 11 is 0. The Balaban J connectivity index is 1.63. The molecule has 1 aromatic heterocycles. The van der Waals surface area contributed by atoms with E-state index < -0.39 is 10.0 Å². The highest BCUT2D eigenvalue weighted by molar-refractivity contribution is 7.88. The van der Waals surface area contributed by atoms with Gasteiger partial charge in [0, 0.05) is 25.3 Å². The van der Waals surface area contributed by atoms with Gasteiger partial charge in [-0.1, -0.05) is 0 Å². The molecule has 1 saturated heterocycles. The van der Waals surface area contributed by atoms with Crippen molar-refractivity contribution in [1.29, 1.82) is 0 Å². The highest BCUT2D eigenvalue weighted by Crippen LogP contribution is 2.41. The number of nitrogens with zero attached hydrogens (tertiary/aromatic N) is 3. The van der Waals surface area contributed by atoms with E-state index in [1.54, 1.807) is 10.9 Å². The first-order chi connectivity index (χ1) is 10.3. The Kier molecular flexibility index (Phi) is 3.98. The Hall–Kier alpha value is -1.41. The molecule has 2 heterocycles. The predicted molar refractivity (Wildman–Crippen MR) is 81.5 cm³/mol. The molecule has 2 atom stereocenters. The van der Waals surface area contributed by atoms with E-state index >= 15 is 0 Å². The van der Waals surface area contributed by atoms with Gasteiger partial charge in [-0.15, -0.1) is 0 Å². The van der Waals surface area contributed by atoms with Crippen LogP contribution in [0.3, 0.4) is 0 Å². The van der Waals surface area contributed by atoms with Gasteiger partial charge in [-0.25, -0.2) is 8.42 Å². The molecular weight excluding hydrogens is 304 g/mol. The molecule has 1 N–H and O–H groups in total. The Morgan fingerprint density at radius 3 is 2.68 bits per heavy atom. The first-order valence-corrected chi connectivity index (χ1v) is 9.41. The lowest BCUT2D eigenvalue weighted by molar-refractivity contribution is -0.122. The molecule has 0 radical (unpaired) electrons. The third-order valence-electron chi connectivity index (χ3n) is 4.44. The molecule has 1 saturated carbocycles. The summed E-state index contributed by atoms with van der Waals surface area (Å²) in [7, 11) is -3.20. The van der Waals surface area contributed by atoms with E-state index in [0.717, 1.165) is 18.4 Å². The SMILES string of the molecule is Cc1cnn(CC(=O)N[C@H]2CN(S(C)(=O)=O)C[C@@H]2C2CC2)c1. The summed E-state index contributed by atoms with van der Waals surface area (Å²) in [6.45, 7) is 2.99. The van der Waals surface area contributed by atoms with Crippen LogP contribution in [-0.4, -0.2) is 53.8 Å². The van der Waals surface area contributed by atoms with Gasteiger partial charge in [0.05, 0.1) is 12.5 Å². The quantitative estimate of drug-likeness (QED) is 0.824. The van der Waals surface area contributed by atoms with Gasteiger partial charge in [-0.05, 0) is 37.2 Å². The van der Waals surface area contributed by atoms with Crippen LogP contribution in [0.2, 0.25) is 0 Å². The van der Waals surface area contributed by atoms with Gasteiger partial charge in [0.15, 0.2) is 0 Å². The van der Waals surface area contributed by atoms with Crippen LogP contribution in [-0.2, 0) is 21.4 Å². The van der Waals surface area contributed by atoms with Gasteiger partial charge in [0.25, 0.3) is 0 Å². The van der Waals surface area contributed by atoms with Crippen molar-refractivity contribution in [2.45, 2.75) is 32.4 Å². The van der Waals surface area contributed by atoms with E-state index in [2.05, 4.69) is 10.4 Å². The maximum atomic E-state index is 12.2. The van der Waals surface area contributed by atoms with Gasteiger partial charge < -0.3 is 5.32 Å². The van der Waals surface area contributed by atoms with Crippen molar-refractivity contribution in [3.63, 3.8) is 0 Å². The van der Waals surface area contributed by atoms with Gasteiger partial charge in [0.1, 0.15) is 6.54 Å². The first-order valence-electron chi connectivity index (χ1n) is 7.56. The Morgan fingerprint density at radius 2 is 2.14 bits per heavy atom. The molecule has 2 aliphatic rings. The van der Waals surface area contributed by atoms with E-state index in [-0.39, 0.29) is 24.4 Å². The standard InChI is InChI=1S/C14H22N4O3S/c1-10-5-15-17(6-10)9-14(19)16-13-8-18(22(2,20)21)7-12(13)11-3-4-11/h5-6,11-13H,3-4,7-9H2,1-2H3,(H,16,19)/t12-,13+/m1/s1. The van der Waals surface area contributed by atoms with Crippen molar-refractivity contribution >= 4 is 15.9 Å². The average molecular weight is 326 g/mol. The number of aromatic nitrogens is 2. The molecule has 1 aromatic rings. The van der Waals surface area contributed by atoms with Crippen molar-refractivity contribution in [1.82, 2.24) is 19.4 Å². The summed E-state index contributed by atoms with van der Waals surface area (Å²) in [6, 6.07) is -0.0913. The zero-order valence-electron chi connectivity index (χ0n) is 12.9. The smallest absolute Gasteiger partial charge is 0.242 e. The lowest BCUT2D eigenvalue weighted by Crippen LogP contribution is -2.43. The van der Waals surface area contributed by atoms with Crippen molar-refractivity contribution < 1.29 is 13.2 Å². The lowest BCUT2D eigenvalue weighted by Gasteiger charge is -2.19. The topological polar surface area (TPSA) is 84.3 Å². The maximum absolute atomic E-state index is 12.2. The third-order valence-corrected chi connectivity index (χ3v) is 5.68. The molecule has 1 aliphatic heterocycles. The van der Waals surface area contributed by atoms with Crippen molar-refractivity contribution in [2.75, 3.05) is 19.3 Å². The second kappa shape index (κ2) is 5.66. The molecule has 8 heteroatoms.